The van der Waals surface area contributed by atoms with Crippen LogP contribution < -0.4 is 0 Å². The number of nitriles is 1. The molecule has 1 aromatic carbocycles. The van der Waals surface area contributed by atoms with Gasteiger partial charge >= 0.3 is 5.97 Å². The van der Waals surface area contributed by atoms with Crippen molar-refractivity contribution >= 4 is 5.97 Å². The van der Waals surface area contributed by atoms with Gasteiger partial charge in [0.1, 0.15) is 6.61 Å². The Morgan fingerprint density at radius 1 is 1.28 bits per heavy atom. The molecule has 1 atom stereocenters. The average molecular weight is 245 g/mol. The number of benzene rings is 1. The maximum Gasteiger partial charge on any atom is 0.307 e. The van der Waals surface area contributed by atoms with E-state index in [9.17, 15) is 4.79 Å². The Kier molecular flexibility index (Phi) is 5.38. The molecule has 0 amide bonds. The lowest BCUT2D eigenvalue weighted by Gasteiger charge is -2.08. The summed E-state index contributed by atoms with van der Waals surface area (Å²) in [5.74, 6) is -0.115. The zero-order valence-corrected chi connectivity index (χ0v) is 11.1. The average Bonchev–Trinajstić information content (AvgIpc) is 2.36. The van der Waals surface area contributed by atoms with Crippen LogP contribution in [0.5, 0.6) is 0 Å². The molecule has 0 saturated carbocycles. The van der Waals surface area contributed by atoms with E-state index in [1.807, 2.05) is 30.3 Å². The highest BCUT2D eigenvalue weighted by atomic mass is 16.5. The standard InChI is InChI=1S/C15H19NO2/c1-11(2)14-6-4-13(5-7-14)10-18-15(17)8-12(3)9-16/h4-7,11-12H,8,10H2,1-3H3. The van der Waals surface area contributed by atoms with Crippen molar-refractivity contribution in [3.05, 3.63) is 35.4 Å². The molecule has 1 rings (SSSR count). The van der Waals surface area contributed by atoms with Gasteiger partial charge in [-0.1, -0.05) is 38.1 Å². The lowest BCUT2D eigenvalue weighted by Crippen LogP contribution is -2.08. The molecular formula is C15H19NO2. The molecule has 3 nitrogen and oxygen atoms in total. The van der Waals surface area contributed by atoms with Crippen molar-refractivity contribution in [2.24, 2.45) is 5.92 Å². The summed E-state index contributed by atoms with van der Waals surface area (Å²) in [7, 11) is 0. The van der Waals surface area contributed by atoms with Crippen LogP contribution >= 0.6 is 0 Å². The minimum Gasteiger partial charge on any atom is -0.461 e. The maximum absolute atomic E-state index is 11.4. The van der Waals surface area contributed by atoms with Gasteiger partial charge in [0.2, 0.25) is 0 Å². The molecule has 0 aromatic heterocycles. The highest BCUT2D eigenvalue weighted by Gasteiger charge is 2.09. The van der Waals surface area contributed by atoms with E-state index in [2.05, 4.69) is 13.8 Å². The lowest BCUT2D eigenvalue weighted by molar-refractivity contribution is -0.145. The number of hydrogen-bond donors (Lipinski definition) is 0. The first-order valence-corrected chi connectivity index (χ1v) is 6.17. The molecule has 1 unspecified atom stereocenters. The number of nitrogens with zero attached hydrogens (tertiary/aromatic N) is 1. The van der Waals surface area contributed by atoms with E-state index in [4.69, 9.17) is 10.00 Å². The minimum atomic E-state index is -0.322. The SMILES string of the molecule is CC(C#N)CC(=O)OCc1ccc(C(C)C)cc1. The van der Waals surface area contributed by atoms with Gasteiger partial charge in [-0.2, -0.15) is 5.26 Å². The Bertz CT molecular complexity index is 429. The van der Waals surface area contributed by atoms with Gasteiger partial charge in [0.05, 0.1) is 18.4 Å². The third kappa shape index (κ3) is 4.58. The predicted octanol–water partition coefficient (Wildman–Crippen LogP) is 3.40. The molecule has 0 N–H and O–H groups in total. The molecule has 3 heteroatoms. The molecule has 0 heterocycles. The molecule has 1 aromatic rings. The van der Waals surface area contributed by atoms with Gasteiger partial charge in [-0.25, -0.2) is 0 Å². The van der Waals surface area contributed by atoms with Crippen LogP contribution in [0.2, 0.25) is 0 Å². The molecule has 0 radical (unpaired) electrons. The van der Waals surface area contributed by atoms with Gasteiger partial charge in [0.15, 0.2) is 0 Å². The number of rotatable bonds is 5. The van der Waals surface area contributed by atoms with Crippen LogP contribution in [0.25, 0.3) is 0 Å². The molecule has 0 saturated heterocycles. The molecule has 0 aliphatic heterocycles. The first kappa shape index (κ1) is 14.2. The number of ether oxygens (including phenoxy) is 1. The van der Waals surface area contributed by atoms with Gasteiger partial charge in [0, 0.05) is 0 Å². The van der Waals surface area contributed by atoms with Crippen LogP contribution in [-0.4, -0.2) is 5.97 Å². The van der Waals surface area contributed by atoms with Gasteiger partial charge < -0.3 is 4.74 Å². The van der Waals surface area contributed by atoms with Crippen LogP contribution in [0.15, 0.2) is 24.3 Å². The van der Waals surface area contributed by atoms with Crippen LogP contribution in [0.1, 0.15) is 44.2 Å². The first-order chi connectivity index (χ1) is 8.52. The van der Waals surface area contributed by atoms with Crippen molar-refractivity contribution < 1.29 is 9.53 Å². The minimum absolute atomic E-state index is 0.153. The Balaban J connectivity index is 2.44. The Morgan fingerprint density at radius 2 is 1.89 bits per heavy atom. The van der Waals surface area contributed by atoms with E-state index in [-0.39, 0.29) is 24.9 Å². The van der Waals surface area contributed by atoms with Gasteiger partial charge in [0.25, 0.3) is 0 Å². The number of esters is 1. The van der Waals surface area contributed by atoms with E-state index in [0.717, 1.165) is 5.56 Å². The largest absolute Gasteiger partial charge is 0.461 e. The smallest absolute Gasteiger partial charge is 0.307 e. The highest BCUT2D eigenvalue weighted by molar-refractivity contribution is 5.70. The topological polar surface area (TPSA) is 50.1 Å². The summed E-state index contributed by atoms with van der Waals surface area (Å²) in [6, 6.07) is 10.0. The van der Waals surface area contributed by atoms with E-state index in [0.29, 0.717) is 5.92 Å². The van der Waals surface area contributed by atoms with Crippen LogP contribution in [0, 0.1) is 17.2 Å². The number of carbonyl (C=O) groups excluding carboxylic acids is 1. The Hall–Kier alpha value is -1.82. The summed E-state index contributed by atoms with van der Waals surface area (Å²) in [6.45, 7) is 6.25. The lowest BCUT2D eigenvalue weighted by atomic mass is 10.0. The normalized spacial score (nSPS) is 11.9. The Labute approximate surface area is 108 Å². The second kappa shape index (κ2) is 6.80. The molecule has 96 valence electrons. The summed E-state index contributed by atoms with van der Waals surface area (Å²) in [5, 5.41) is 8.59. The monoisotopic (exact) mass is 245 g/mol. The van der Waals surface area contributed by atoms with Crippen molar-refractivity contribution in [3.8, 4) is 6.07 Å². The van der Waals surface area contributed by atoms with E-state index < -0.39 is 0 Å². The number of hydrogen-bond acceptors (Lipinski definition) is 3. The third-order valence-electron chi connectivity index (χ3n) is 2.74. The molecule has 0 aliphatic carbocycles. The van der Waals surface area contributed by atoms with Gasteiger partial charge in [-0.05, 0) is 24.0 Å². The van der Waals surface area contributed by atoms with Crippen molar-refractivity contribution in [3.63, 3.8) is 0 Å². The van der Waals surface area contributed by atoms with Crippen molar-refractivity contribution in [2.75, 3.05) is 0 Å². The summed E-state index contributed by atoms with van der Waals surface area (Å²) in [5.41, 5.74) is 2.24. The zero-order chi connectivity index (χ0) is 13.5. The fourth-order valence-corrected chi connectivity index (χ4v) is 1.52. The summed E-state index contributed by atoms with van der Waals surface area (Å²) in [4.78, 5) is 11.4. The van der Waals surface area contributed by atoms with Crippen molar-refractivity contribution in [1.82, 2.24) is 0 Å². The van der Waals surface area contributed by atoms with Crippen LogP contribution in [0.3, 0.4) is 0 Å². The zero-order valence-electron chi connectivity index (χ0n) is 11.1. The van der Waals surface area contributed by atoms with Gasteiger partial charge in [-0.15, -0.1) is 0 Å². The molecule has 18 heavy (non-hydrogen) atoms. The maximum atomic E-state index is 11.4. The number of carbonyl (C=O) groups is 1. The molecule has 0 spiro atoms. The van der Waals surface area contributed by atoms with Crippen LogP contribution in [0.4, 0.5) is 0 Å². The fraction of sp³-hybridized carbons (Fsp3) is 0.467. The summed E-state index contributed by atoms with van der Waals surface area (Å²) >= 11 is 0. The van der Waals surface area contributed by atoms with Crippen LogP contribution in [-0.2, 0) is 16.1 Å². The second-order valence-electron chi connectivity index (χ2n) is 4.79. The Morgan fingerprint density at radius 3 is 2.39 bits per heavy atom. The first-order valence-electron chi connectivity index (χ1n) is 6.17. The highest BCUT2D eigenvalue weighted by Crippen LogP contribution is 2.15. The summed E-state index contributed by atoms with van der Waals surface area (Å²) < 4.78 is 5.11. The molecule has 0 fully saturated rings. The van der Waals surface area contributed by atoms with Crippen molar-refractivity contribution in [2.45, 2.75) is 39.7 Å². The second-order valence-corrected chi connectivity index (χ2v) is 4.79. The summed E-state index contributed by atoms with van der Waals surface area (Å²) in [6.07, 6.45) is 0.153. The van der Waals surface area contributed by atoms with Gasteiger partial charge in [-0.3, -0.25) is 4.79 Å². The van der Waals surface area contributed by atoms with Crippen molar-refractivity contribution in [1.29, 1.82) is 5.26 Å². The third-order valence-corrected chi connectivity index (χ3v) is 2.74. The van der Waals surface area contributed by atoms with E-state index in [1.54, 1.807) is 6.92 Å². The molecule has 0 bridgehead atoms. The quantitative estimate of drug-likeness (QED) is 0.747. The predicted molar refractivity (Wildman–Crippen MR) is 69.7 cm³/mol. The molecular weight excluding hydrogens is 226 g/mol. The molecule has 0 aliphatic rings. The fourth-order valence-electron chi connectivity index (χ4n) is 1.52. The van der Waals surface area contributed by atoms with E-state index >= 15 is 0 Å². The van der Waals surface area contributed by atoms with E-state index in [1.165, 1.54) is 5.56 Å².